The fraction of sp³-hybridized carbons (Fsp3) is 0.615. The van der Waals surface area contributed by atoms with Gasteiger partial charge in [-0.1, -0.05) is 0 Å². The average Bonchev–Trinajstić information content (AvgIpc) is 2.30. The summed E-state index contributed by atoms with van der Waals surface area (Å²) in [6.45, 7) is 6.86. The van der Waals surface area contributed by atoms with Crippen LogP contribution in [0.5, 0.6) is 0 Å². The van der Waals surface area contributed by atoms with Crippen LogP contribution in [0, 0.1) is 19.3 Å². The van der Waals surface area contributed by atoms with Crippen LogP contribution >= 0.6 is 0 Å². The topological polar surface area (TPSA) is 99.1 Å². The van der Waals surface area contributed by atoms with Crippen molar-refractivity contribution in [1.29, 1.82) is 5.41 Å². The van der Waals surface area contributed by atoms with Crippen molar-refractivity contribution in [1.82, 2.24) is 10.2 Å². The number of nitrogen functional groups attached to an aromatic ring is 1. The van der Waals surface area contributed by atoms with Crippen LogP contribution in [0.3, 0.4) is 0 Å². The Balaban J connectivity index is 2.45. The summed E-state index contributed by atoms with van der Waals surface area (Å²) in [5, 5.41) is 26.2. The Morgan fingerprint density at radius 1 is 1.42 bits per heavy atom. The number of hydrogen-bond donors (Lipinski definition) is 3. The van der Waals surface area contributed by atoms with E-state index >= 15 is 0 Å². The molecule has 0 radical (unpaired) electrons. The van der Waals surface area contributed by atoms with Gasteiger partial charge in [-0.15, -0.1) is 5.10 Å². The van der Waals surface area contributed by atoms with Gasteiger partial charge in [0.1, 0.15) is 5.84 Å². The van der Waals surface area contributed by atoms with Crippen LogP contribution in [0.1, 0.15) is 36.6 Å². The van der Waals surface area contributed by atoms with Crippen LogP contribution in [0.2, 0.25) is 0 Å². The second kappa shape index (κ2) is 4.77. The molecule has 1 aromatic rings. The lowest BCUT2D eigenvalue weighted by Crippen LogP contribution is -2.47. The molecule has 0 spiro atoms. The van der Waals surface area contributed by atoms with Crippen molar-refractivity contribution in [3.8, 4) is 0 Å². The molecule has 6 heteroatoms. The molecule has 6 nitrogen and oxygen atoms in total. The molecule has 1 atom stereocenters. The molecular formula is C13H21N5O. The summed E-state index contributed by atoms with van der Waals surface area (Å²) in [6.07, 6.45) is 1.66. The minimum absolute atomic E-state index is 0.00397. The minimum atomic E-state index is -0.729. The van der Waals surface area contributed by atoms with E-state index in [0.717, 1.165) is 30.6 Å². The normalized spacial score (nSPS) is 23.5. The zero-order chi connectivity index (χ0) is 14.2. The third-order valence-electron chi connectivity index (χ3n) is 3.68. The molecule has 0 amide bonds. The van der Waals surface area contributed by atoms with Crippen LogP contribution < -0.4 is 10.6 Å². The van der Waals surface area contributed by atoms with E-state index < -0.39 is 5.60 Å². The van der Waals surface area contributed by atoms with Crippen LogP contribution in [-0.4, -0.2) is 39.8 Å². The highest BCUT2D eigenvalue weighted by molar-refractivity contribution is 6.01. The first kappa shape index (κ1) is 13.7. The first-order chi connectivity index (χ1) is 8.82. The fourth-order valence-corrected chi connectivity index (χ4v) is 2.54. The minimum Gasteiger partial charge on any atom is -0.388 e. The summed E-state index contributed by atoms with van der Waals surface area (Å²) in [4.78, 5) is 1.97. The largest absolute Gasteiger partial charge is 0.388 e. The summed E-state index contributed by atoms with van der Waals surface area (Å²) in [5.41, 5.74) is 7.24. The van der Waals surface area contributed by atoms with Gasteiger partial charge in [0.15, 0.2) is 5.82 Å². The van der Waals surface area contributed by atoms with E-state index in [-0.39, 0.29) is 5.84 Å². The molecule has 2 rings (SSSR count). The highest BCUT2D eigenvalue weighted by Crippen LogP contribution is 2.28. The van der Waals surface area contributed by atoms with Crippen molar-refractivity contribution in [3.63, 3.8) is 0 Å². The quantitative estimate of drug-likeness (QED) is 0.539. The molecule has 1 aliphatic heterocycles. The highest BCUT2D eigenvalue weighted by atomic mass is 16.3. The molecule has 1 aromatic heterocycles. The molecule has 0 aromatic carbocycles. The molecule has 1 fully saturated rings. The van der Waals surface area contributed by atoms with Crippen molar-refractivity contribution in [2.45, 2.75) is 39.2 Å². The second-order valence-corrected chi connectivity index (χ2v) is 5.54. The van der Waals surface area contributed by atoms with Crippen LogP contribution in [0.25, 0.3) is 0 Å². The molecular weight excluding hydrogens is 242 g/mol. The molecule has 4 N–H and O–H groups in total. The predicted octanol–water partition coefficient (Wildman–Crippen LogP) is 0.729. The van der Waals surface area contributed by atoms with Gasteiger partial charge >= 0.3 is 0 Å². The lowest BCUT2D eigenvalue weighted by Gasteiger charge is -2.38. The Morgan fingerprint density at radius 2 is 2.11 bits per heavy atom. The number of nitrogens with zero attached hydrogens (tertiary/aromatic N) is 3. The summed E-state index contributed by atoms with van der Waals surface area (Å²) in [5.74, 6) is 0.603. The smallest absolute Gasteiger partial charge is 0.162 e. The average molecular weight is 263 g/mol. The van der Waals surface area contributed by atoms with E-state index in [2.05, 4.69) is 10.2 Å². The van der Waals surface area contributed by atoms with Gasteiger partial charge in [0.25, 0.3) is 0 Å². The number of nitrogens with two attached hydrogens (primary N) is 1. The Morgan fingerprint density at radius 3 is 2.68 bits per heavy atom. The van der Waals surface area contributed by atoms with Crippen LogP contribution in [0.4, 0.5) is 5.82 Å². The highest BCUT2D eigenvalue weighted by Gasteiger charge is 2.31. The first-order valence-electron chi connectivity index (χ1n) is 6.47. The van der Waals surface area contributed by atoms with E-state index in [4.69, 9.17) is 11.1 Å². The third-order valence-corrected chi connectivity index (χ3v) is 3.68. The number of amidine groups is 1. The summed E-state index contributed by atoms with van der Waals surface area (Å²) >= 11 is 0. The number of aromatic nitrogens is 2. The number of piperidine rings is 1. The van der Waals surface area contributed by atoms with Gasteiger partial charge in [-0.2, -0.15) is 5.10 Å². The molecule has 0 bridgehead atoms. The monoisotopic (exact) mass is 263 g/mol. The predicted molar refractivity (Wildman–Crippen MR) is 74.6 cm³/mol. The van der Waals surface area contributed by atoms with E-state index in [0.29, 0.717) is 17.9 Å². The molecule has 19 heavy (non-hydrogen) atoms. The molecule has 2 heterocycles. The second-order valence-electron chi connectivity index (χ2n) is 5.54. The van der Waals surface area contributed by atoms with E-state index in [9.17, 15) is 5.11 Å². The maximum atomic E-state index is 10.2. The zero-order valence-corrected chi connectivity index (χ0v) is 11.7. The lowest BCUT2D eigenvalue weighted by molar-refractivity contribution is 0.0446. The molecule has 0 saturated carbocycles. The Hall–Kier alpha value is -1.69. The lowest BCUT2D eigenvalue weighted by atomic mass is 9.94. The van der Waals surface area contributed by atoms with Gasteiger partial charge in [-0.05, 0) is 39.2 Å². The first-order valence-corrected chi connectivity index (χ1v) is 6.47. The van der Waals surface area contributed by atoms with Gasteiger partial charge in [0, 0.05) is 13.1 Å². The number of anilines is 1. The van der Waals surface area contributed by atoms with Crippen molar-refractivity contribution in [2.75, 3.05) is 18.0 Å². The van der Waals surface area contributed by atoms with Gasteiger partial charge in [0.2, 0.25) is 0 Å². The Kier molecular flexibility index (Phi) is 3.45. The third kappa shape index (κ3) is 2.68. The number of aliphatic hydroxyl groups is 1. The summed E-state index contributed by atoms with van der Waals surface area (Å²) in [6, 6.07) is 0. The standard InChI is InChI=1S/C13H21N5O/c1-8-9(2)16-17-12(10(8)11(14)15)18-6-4-5-13(3,19)7-18/h19H,4-7H2,1-3H3,(H3,14,15). The van der Waals surface area contributed by atoms with E-state index in [1.165, 1.54) is 0 Å². The van der Waals surface area contributed by atoms with Gasteiger partial charge in [-0.25, -0.2) is 0 Å². The summed E-state index contributed by atoms with van der Waals surface area (Å²) in [7, 11) is 0. The molecule has 1 aliphatic rings. The molecule has 104 valence electrons. The maximum absolute atomic E-state index is 10.2. The van der Waals surface area contributed by atoms with Crippen LogP contribution in [-0.2, 0) is 0 Å². The van der Waals surface area contributed by atoms with Gasteiger partial charge in [-0.3, -0.25) is 5.41 Å². The van der Waals surface area contributed by atoms with E-state index in [1.807, 2.05) is 25.7 Å². The van der Waals surface area contributed by atoms with Crippen molar-refractivity contribution in [3.05, 3.63) is 16.8 Å². The van der Waals surface area contributed by atoms with Crippen molar-refractivity contribution in [2.24, 2.45) is 5.73 Å². The van der Waals surface area contributed by atoms with Crippen molar-refractivity contribution < 1.29 is 5.11 Å². The number of aryl methyl sites for hydroxylation is 1. The summed E-state index contributed by atoms with van der Waals surface area (Å²) < 4.78 is 0. The maximum Gasteiger partial charge on any atom is 0.162 e. The molecule has 1 saturated heterocycles. The zero-order valence-electron chi connectivity index (χ0n) is 11.7. The number of rotatable bonds is 2. The molecule has 1 unspecified atom stereocenters. The molecule has 0 aliphatic carbocycles. The Bertz CT molecular complexity index is 512. The van der Waals surface area contributed by atoms with Gasteiger partial charge in [0.05, 0.1) is 16.9 Å². The number of nitrogens with one attached hydrogen (secondary N) is 1. The van der Waals surface area contributed by atoms with Gasteiger partial charge < -0.3 is 15.7 Å². The fourth-order valence-electron chi connectivity index (χ4n) is 2.54. The Labute approximate surface area is 113 Å². The number of hydrogen-bond acceptors (Lipinski definition) is 5. The number of β-amino-alcohol motifs (C(OH)–C–C–N with tert-alkyl or cyclic N) is 1. The van der Waals surface area contributed by atoms with Crippen molar-refractivity contribution >= 4 is 11.7 Å². The SMILES string of the molecule is Cc1nnc(N2CCCC(C)(O)C2)c(C(=N)N)c1C. The van der Waals surface area contributed by atoms with Crippen LogP contribution in [0.15, 0.2) is 0 Å². The van der Waals surface area contributed by atoms with E-state index in [1.54, 1.807) is 0 Å².